The predicted molar refractivity (Wildman–Crippen MR) is 133 cm³/mol. The van der Waals surface area contributed by atoms with Gasteiger partial charge in [0.05, 0.1) is 48.0 Å². The SMILES string of the molecule is COc1ccc(OCCC23CCC(C)(O2)C2C(=O)N(c4ccc5ccccc5c4C#N)C(=O)C23)cc1. The van der Waals surface area contributed by atoms with Gasteiger partial charge in [-0.25, -0.2) is 4.90 Å². The van der Waals surface area contributed by atoms with Gasteiger partial charge in [-0.05, 0) is 55.5 Å². The third-order valence-corrected chi connectivity index (χ3v) is 8.13. The number of carbonyl (C=O) groups excluding carboxylic acids is 2. The molecule has 3 aromatic rings. The van der Waals surface area contributed by atoms with Gasteiger partial charge in [-0.2, -0.15) is 5.26 Å². The first-order valence-electron chi connectivity index (χ1n) is 12.2. The lowest BCUT2D eigenvalue weighted by Gasteiger charge is -2.31. The van der Waals surface area contributed by atoms with Crippen LogP contribution in [0.2, 0.25) is 0 Å². The van der Waals surface area contributed by atoms with E-state index in [9.17, 15) is 14.9 Å². The van der Waals surface area contributed by atoms with Crippen LogP contribution in [0.3, 0.4) is 0 Å². The molecule has 3 aliphatic heterocycles. The van der Waals surface area contributed by atoms with Crippen molar-refractivity contribution < 1.29 is 23.8 Å². The Balaban J connectivity index is 1.30. The monoisotopic (exact) mass is 482 g/mol. The molecular weight excluding hydrogens is 456 g/mol. The van der Waals surface area contributed by atoms with Crippen LogP contribution in [-0.2, 0) is 14.3 Å². The molecule has 6 rings (SSSR count). The third kappa shape index (κ3) is 3.14. The Hall–Kier alpha value is -3.89. The number of methoxy groups -OCH3 is 1. The first-order chi connectivity index (χ1) is 17.4. The molecule has 0 spiro atoms. The minimum Gasteiger partial charge on any atom is -0.497 e. The van der Waals surface area contributed by atoms with Crippen molar-refractivity contribution in [2.75, 3.05) is 18.6 Å². The molecule has 0 N–H and O–H groups in total. The maximum atomic E-state index is 13.9. The fourth-order valence-corrected chi connectivity index (χ4v) is 6.43. The van der Waals surface area contributed by atoms with Crippen LogP contribution >= 0.6 is 0 Å². The highest BCUT2D eigenvalue weighted by Gasteiger charge is 2.74. The number of rotatable bonds is 6. The second kappa shape index (κ2) is 8.07. The van der Waals surface area contributed by atoms with E-state index in [0.29, 0.717) is 42.9 Å². The van der Waals surface area contributed by atoms with Crippen LogP contribution in [0.15, 0.2) is 60.7 Å². The molecule has 0 saturated carbocycles. The van der Waals surface area contributed by atoms with Gasteiger partial charge in [-0.1, -0.05) is 30.3 Å². The fraction of sp³-hybridized carbons (Fsp3) is 0.345. The molecule has 0 radical (unpaired) electrons. The number of hydrogen-bond donors (Lipinski definition) is 0. The van der Waals surface area contributed by atoms with Gasteiger partial charge in [-0.3, -0.25) is 9.59 Å². The minimum atomic E-state index is -0.767. The molecule has 3 aromatic carbocycles. The van der Waals surface area contributed by atoms with E-state index in [4.69, 9.17) is 14.2 Å². The molecule has 4 atom stereocenters. The summed E-state index contributed by atoms with van der Waals surface area (Å²) in [5.74, 6) is -0.289. The molecule has 2 bridgehead atoms. The number of anilines is 1. The summed E-state index contributed by atoms with van der Waals surface area (Å²) in [5, 5.41) is 11.6. The number of nitrogens with zero attached hydrogens (tertiary/aromatic N) is 2. The number of benzene rings is 3. The van der Waals surface area contributed by atoms with Crippen molar-refractivity contribution >= 4 is 28.3 Å². The Kier molecular flexibility index (Phi) is 5.06. The zero-order valence-corrected chi connectivity index (χ0v) is 20.2. The predicted octanol–water partition coefficient (Wildman–Crippen LogP) is 4.62. The average Bonchev–Trinajstić information content (AvgIpc) is 3.48. The van der Waals surface area contributed by atoms with E-state index in [1.807, 2.05) is 61.5 Å². The van der Waals surface area contributed by atoms with Crippen molar-refractivity contribution in [3.8, 4) is 17.6 Å². The summed E-state index contributed by atoms with van der Waals surface area (Å²) in [6.45, 7) is 2.29. The highest BCUT2D eigenvalue weighted by Crippen LogP contribution is 2.62. The van der Waals surface area contributed by atoms with Crippen molar-refractivity contribution in [2.45, 2.75) is 37.4 Å². The Morgan fingerprint density at radius 1 is 1.00 bits per heavy atom. The lowest BCUT2D eigenvalue weighted by atomic mass is 9.67. The highest BCUT2D eigenvalue weighted by atomic mass is 16.5. The van der Waals surface area contributed by atoms with Crippen molar-refractivity contribution in [1.82, 2.24) is 0 Å². The number of nitriles is 1. The lowest BCUT2D eigenvalue weighted by Crippen LogP contribution is -2.43. The van der Waals surface area contributed by atoms with Gasteiger partial charge in [0.25, 0.3) is 0 Å². The summed E-state index contributed by atoms with van der Waals surface area (Å²) in [6, 6.07) is 20.6. The number of carbonyl (C=O) groups is 2. The summed E-state index contributed by atoms with van der Waals surface area (Å²) >= 11 is 0. The van der Waals surface area contributed by atoms with Crippen LogP contribution in [0.25, 0.3) is 10.8 Å². The second-order valence-electron chi connectivity index (χ2n) is 10.0. The molecule has 7 heteroatoms. The molecule has 2 amide bonds. The molecule has 4 unspecified atom stereocenters. The van der Waals surface area contributed by atoms with Crippen LogP contribution in [0.4, 0.5) is 5.69 Å². The first kappa shape index (κ1) is 22.6. The zero-order valence-electron chi connectivity index (χ0n) is 20.2. The van der Waals surface area contributed by atoms with Crippen LogP contribution in [0.1, 0.15) is 31.7 Å². The van der Waals surface area contributed by atoms with Gasteiger partial charge < -0.3 is 14.2 Å². The minimum absolute atomic E-state index is 0.281. The molecule has 3 aliphatic rings. The molecule has 0 aromatic heterocycles. The molecule has 182 valence electrons. The van der Waals surface area contributed by atoms with Crippen LogP contribution in [0, 0.1) is 23.2 Å². The smallest absolute Gasteiger partial charge is 0.240 e. The van der Waals surface area contributed by atoms with Gasteiger partial charge in [0.2, 0.25) is 11.8 Å². The summed E-state index contributed by atoms with van der Waals surface area (Å²) in [6.07, 6.45) is 1.88. The van der Waals surface area contributed by atoms with Crippen LogP contribution in [0.5, 0.6) is 11.5 Å². The standard InChI is InChI=1S/C29H26N2O5/c1-28-13-14-29(36-28,15-16-35-20-10-8-19(34-2)9-11-20)25-24(28)26(32)31(27(25)33)23-12-7-18-5-3-4-6-21(18)22(23)17-30/h3-12,24-25H,13-16H2,1-2H3. The molecule has 3 fully saturated rings. The average molecular weight is 483 g/mol. The summed E-state index contributed by atoms with van der Waals surface area (Å²) in [5.41, 5.74) is -0.786. The number of hydrogen-bond acceptors (Lipinski definition) is 6. The molecule has 0 aliphatic carbocycles. The van der Waals surface area contributed by atoms with Crippen molar-refractivity contribution in [2.24, 2.45) is 11.8 Å². The van der Waals surface area contributed by atoms with Crippen molar-refractivity contribution in [3.63, 3.8) is 0 Å². The van der Waals surface area contributed by atoms with Crippen molar-refractivity contribution in [3.05, 3.63) is 66.2 Å². The Morgan fingerprint density at radius 2 is 1.72 bits per heavy atom. The van der Waals surface area contributed by atoms with Crippen molar-refractivity contribution in [1.29, 1.82) is 5.26 Å². The van der Waals surface area contributed by atoms with E-state index in [2.05, 4.69) is 6.07 Å². The van der Waals surface area contributed by atoms with E-state index in [0.717, 1.165) is 16.5 Å². The summed E-state index contributed by atoms with van der Waals surface area (Å²) in [4.78, 5) is 28.9. The Bertz CT molecular complexity index is 1430. The topological polar surface area (TPSA) is 88.9 Å². The number of amides is 2. The van der Waals surface area contributed by atoms with E-state index in [1.165, 1.54) is 4.90 Å². The Labute approximate surface area is 209 Å². The summed E-state index contributed by atoms with van der Waals surface area (Å²) in [7, 11) is 1.61. The number of fused-ring (bicyclic) bond motifs is 6. The highest BCUT2D eigenvalue weighted by molar-refractivity contribution is 6.24. The molecular formula is C29H26N2O5. The Morgan fingerprint density at radius 3 is 2.47 bits per heavy atom. The molecule has 36 heavy (non-hydrogen) atoms. The molecule has 3 saturated heterocycles. The normalized spacial score (nSPS) is 28.4. The van der Waals surface area contributed by atoms with Crippen LogP contribution in [-0.4, -0.2) is 36.7 Å². The van der Waals surface area contributed by atoms with Gasteiger partial charge in [0, 0.05) is 11.8 Å². The van der Waals surface area contributed by atoms with E-state index in [1.54, 1.807) is 13.2 Å². The largest absolute Gasteiger partial charge is 0.497 e. The first-order valence-corrected chi connectivity index (χ1v) is 12.2. The van der Waals surface area contributed by atoms with E-state index in [-0.39, 0.29) is 11.8 Å². The van der Waals surface area contributed by atoms with E-state index >= 15 is 0 Å². The number of ether oxygens (including phenoxy) is 3. The third-order valence-electron chi connectivity index (χ3n) is 8.13. The second-order valence-corrected chi connectivity index (χ2v) is 10.0. The van der Waals surface area contributed by atoms with Gasteiger partial charge in [-0.15, -0.1) is 0 Å². The summed E-state index contributed by atoms with van der Waals surface area (Å²) < 4.78 is 17.7. The van der Waals surface area contributed by atoms with Gasteiger partial charge >= 0.3 is 0 Å². The van der Waals surface area contributed by atoms with E-state index < -0.39 is 23.0 Å². The maximum absolute atomic E-state index is 13.9. The zero-order chi connectivity index (χ0) is 25.1. The quantitative estimate of drug-likeness (QED) is 0.477. The van der Waals surface area contributed by atoms with Gasteiger partial charge in [0.15, 0.2) is 0 Å². The fourth-order valence-electron chi connectivity index (χ4n) is 6.43. The molecule has 3 heterocycles. The maximum Gasteiger partial charge on any atom is 0.240 e. The molecule has 7 nitrogen and oxygen atoms in total. The lowest BCUT2D eigenvalue weighted by molar-refractivity contribution is -0.131. The van der Waals surface area contributed by atoms with Gasteiger partial charge in [0.1, 0.15) is 17.6 Å². The van der Waals surface area contributed by atoms with Crippen LogP contribution < -0.4 is 14.4 Å². The number of imide groups is 1.